The second-order valence-corrected chi connectivity index (χ2v) is 9.08. The summed E-state index contributed by atoms with van der Waals surface area (Å²) in [6.45, 7) is 6.66. The lowest BCUT2D eigenvalue weighted by atomic mass is 9.94. The molecule has 2 atom stereocenters. The number of hydrogen-bond acceptors (Lipinski definition) is 2. The van der Waals surface area contributed by atoms with Crippen LogP contribution in [0.25, 0.3) is 0 Å². The van der Waals surface area contributed by atoms with Crippen LogP contribution < -0.4 is 0 Å². The van der Waals surface area contributed by atoms with Gasteiger partial charge in [-0.2, -0.15) is 4.31 Å². The number of aryl methyl sites for hydroxylation is 1. The maximum Gasteiger partial charge on any atom is 0.244 e. The molecule has 1 aliphatic rings. The second-order valence-electron chi connectivity index (χ2n) is 5.51. The van der Waals surface area contributed by atoms with Gasteiger partial charge in [0.05, 0.1) is 4.90 Å². The average molecular weight is 425 g/mol. The highest BCUT2D eigenvalue weighted by Crippen LogP contribution is 2.34. The van der Waals surface area contributed by atoms with Crippen LogP contribution in [0.5, 0.6) is 0 Å². The summed E-state index contributed by atoms with van der Waals surface area (Å²) in [5.41, 5.74) is 1.01. The van der Waals surface area contributed by atoms with Crippen molar-refractivity contribution >= 4 is 41.9 Å². The molecule has 0 amide bonds. The number of rotatable bonds is 2. The van der Waals surface area contributed by atoms with Crippen molar-refractivity contribution in [1.29, 1.82) is 0 Å². The van der Waals surface area contributed by atoms with Crippen LogP contribution in [0.15, 0.2) is 26.0 Å². The summed E-state index contributed by atoms with van der Waals surface area (Å²) in [5, 5.41) is 0. The zero-order valence-electron chi connectivity index (χ0n) is 11.9. The first kappa shape index (κ1) is 16.5. The molecule has 1 saturated heterocycles. The molecule has 6 heteroatoms. The van der Waals surface area contributed by atoms with Crippen LogP contribution in [0.1, 0.15) is 32.3 Å². The van der Waals surface area contributed by atoms with Gasteiger partial charge in [0.2, 0.25) is 10.0 Å². The topological polar surface area (TPSA) is 37.4 Å². The Morgan fingerprint density at radius 1 is 1.20 bits per heavy atom. The summed E-state index contributed by atoms with van der Waals surface area (Å²) in [6.07, 6.45) is 2.02. The van der Waals surface area contributed by atoms with E-state index >= 15 is 0 Å². The van der Waals surface area contributed by atoms with Gasteiger partial charge in [-0.1, -0.05) is 22.9 Å². The molecule has 0 saturated carbocycles. The lowest BCUT2D eigenvalue weighted by Crippen LogP contribution is -2.45. The third kappa shape index (κ3) is 2.98. The lowest BCUT2D eigenvalue weighted by molar-refractivity contribution is 0.202. The smallest absolute Gasteiger partial charge is 0.207 e. The van der Waals surface area contributed by atoms with E-state index < -0.39 is 10.0 Å². The van der Waals surface area contributed by atoms with Crippen molar-refractivity contribution in [2.45, 2.75) is 44.6 Å². The molecule has 112 valence electrons. The van der Waals surface area contributed by atoms with Crippen LogP contribution in [-0.2, 0) is 10.0 Å². The van der Waals surface area contributed by atoms with E-state index in [9.17, 15) is 8.42 Å². The van der Waals surface area contributed by atoms with Crippen LogP contribution in [0.2, 0.25) is 0 Å². The molecule has 1 aliphatic heterocycles. The third-order valence-corrected chi connectivity index (χ3v) is 7.91. The minimum absolute atomic E-state index is 0.0423. The largest absolute Gasteiger partial charge is 0.244 e. The molecule has 20 heavy (non-hydrogen) atoms. The van der Waals surface area contributed by atoms with Crippen LogP contribution in [-0.4, -0.2) is 25.3 Å². The fourth-order valence-electron chi connectivity index (χ4n) is 2.59. The van der Waals surface area contributed by atoms with Crippen molar-refractivity contribution in [1.82, 2.24) is 4.31 Å². The van der Waals surface area contributed by atoms with E-state index in [2.05, 4.69) is 38.8 Å². The van der Waals surface area contributed by atoms with E-state index in [0.717, 1.165) is 22.9 Å². The van der Waals surface area contributed by atoms with E-state index in [0.29, 0.717) is 21.8 Å². The first-order valence-electron chi connectivity index (χ1n) is 6.72. The van der Waals surface area contributed by atoms with Crippen molar-refractivity contribution in [3.8, 4) is 0 Å². The fraction of sp³-hybridized carbons (Fsp3) is 0.571. The molecule has 0 spiro atoms. The third-order valence-electron chi connectivity index (χ3n) is 4.12. The van der Waals surface area contributed by atoms with Gasteiger partial charge in [0.1, 0.15) is 0 Å². The normalized spacial score (nSPS) is 24.9. The van der Waals surface area contributed by atoms with E-state index in [1.54, 1.807) is 10.4 Å². The summed E-state index contributed by atoms with van der Waals surface area (Å²) in [7, 11) is -3.46. The zero-order chi connectivity index (χ0) is 15.1. The Hall–Kier alpha value is 0.0900. The predicted molar refractivity (Wildman–Crippen MR) is 88.3 cm³/mol. The van der Waals surface area contributed by atoms with Gasteiger partial charge >= 0.3 is 0 Å². The van der Waals surface area contributed by atoms with E-state index in [4.69, 9.17) is 0 Å². The zero-order valence-corrected chi connectivity index (χ0v) is 15.8. The molecule has 1 aromatic carbocycles. The summed E-state index contributed by atoms with van der Waals surface area (Å²) >= 11 is 6.81. The Labute approximate surface area is 138 Å². The highest BCUT2D eigenvalue weighted by molar-refractivity contribution is 9.11. The van der Waals surface area contributed by atoms with Gasteiger partial charge in [-0.05, 0) is 66.2 Å². The Morgan fingerprint density at radius 3 is 2.50 bits per heavy atom. The fourth-order valence-corrected chi connectivity index (χ4v) is 6.00. The first-order valence-corrected chi connectivity index (χ1v) is 9.75. The summed E-state index contributed by atoms with van der Waals surface area (Å²) in [4.78, 5) is 0.343. The molecule has 1 heterocycles. The first-order chi connectivity index (χ1) is 9.25. The minimum Gasteiger partial charge on any atom is -0.207 e. The number of halogens is 2. The second kappa shape index (κ2) is 6.07. The van der Waals surface area contributed by atoms with Crippen LogP contribution in [0, 0.1) is 12.8 Å². The van der Waals surface area contributed by atoms with Crippen molar-refractivity contribution in [3.05, 3.63) is 26.6 Å². The van der Waals surface area contributed by atoms with Crippen LogP contribution >= 0.6 is 31.9 Å². The highest BCUT2D eigenvalue weighted by Gasteiger charge is 2.35. The molecule has 1 aromatic rings. The van der Waals surface area contributed by atoms with E-state index in [-0.39, 0.29) is 6.04 Å². The van der Waals surface area contributed by atoms with Gasteiger partial charge < -0.3 is 0 Å². The maximum atomic E-state index is 12.9. The average Bonchev–Trinajstić information content (AvgIpc) is 2.36. The van der Waals surface area contributed by atoms with Gasteiger partial charge in [0.25, 0.3) is 0 Å². The molecule has 0 N–H and O–H groups in total. The highest BCUT2D eigenvalue weighted by atomic mass is 79.9. The molecule has 3 nitrogen and oxygen atoms in total. The SMILES string of the molecule is Cc1cc(Br)c(S(=O)(=O)N2CCCC(C)C2C)cc1Br. The maximum absolute atomic E-state index is 12.9. The van der Waals surface area contributed by atoms with Gasteiger partial charge in [-0.15, -0.1) is 0 Å². The molecular weight excluding hydrogens is 406 g/mol. The van der Waals surface area contributed by atoms with Crippen LogP contribution in [0.4, 0.5) is 0 Å². The lowest BCUT2D eigenvalue weighted by Gasteiger charge is -2.37. The number of hydrogen-bond donors (Lipinski definition) is 0. The Kier molecular flexibility index (Phi) is 4.99. The van der Waals surface area contributed by atoms with Gasteiger partial charge in [0, 0.05) is 21.5 Å². The van der Waals surface area contributed by atoms with Crippen molar-refractivity contribution in [3.63, 3.8) is 0 Å². The number of benzene rings is 1. The summed E-state index contributed by atoms with van der Waals surface area (Å²) < 4.78 is 28.9. The Morgan fingerprint density at radius 2 is 1.85 bits per heavy atom. The summed E-state index contributed by atoms with van der Waals surface area (Å²) in [6, 6.07) is 3.58. The molecule has 0 aromatic heterocycles. The van der Waals surface area contributed by atoms with Crippen molar-refractivity contribution in [2.75, 3.05) is 6.54 Å². The molecule has 2 unspecified atom stereocenters. The molecule has 0 radical (unpaired) electrons. The Bertz CT molecular complexity index is 616. The van der Waals surface area contributed by atoms with Crippen molar-refractivity contribution in [2.24, 2.45) is 5.92 Å². The van der Waals surface area contributed by atoms with Gasteiger partial charge in [-0.3, -0.25) is 0 Å². The van der Waals surface area contributed by atoms with E-state index in [1.165, 1.54) is 0 Å². The van der Waals surface area contributed by atoms with Crippen LogP contribution in [0.3, 0.4) is 0 Å². The van der Waals surface area contributed by atoms with E-state index in [1.807, 2.05) is 19.9 Å². The monoisotopic (exact) mass is 423 g/mol. The minimum atomic E-state index is -3.46. The molecule has 1 fully saturated rings. The quantitative estimate of drug-likeness (QED) is 0.708. The molecule has 2 rings (SSSR count). The summed E-state index contributed by atoms with van der Waals surface area (Å²) in [5.74, 6) is 0.395. The number of sulfonamides is 1. The van der Waals surface area contributed by atoms with Gasteiger partial charge in [-0.25, -0.2) is 8.42 Å². The number of piperidine rings is 1. The Balaban J connectivity index is 2.47. The standard InChI is InChI=1S/C14H19Br2NO2S/c1-9-5-4-6-17(11(9)3)20(18,19)14-8-12(15)10(2)7-13(14)16/h7-9,11H,4-6H2,1-3H3. The molecular formula is C14H19Br2NO2S. The van der Waals surface area contributed by atoms with Crippen molar-refractivity contribution < 1.29 is 8.42 Å². The predicted octanol–water partition coefficient (Wildman–Crippen LogP) is 4.33. The van der Waals surface area contributed by atoms with Gasteiger partial charge in [0.15, 0.2) is 0 Å². The molecule has 0 bridgehead atoms. The molecule has 0 aliphatic carbocycles. The number of nitrogens with zero attached hydrogens (tertiary/aromatic N) is 1.